The van der Waals surface area contributed by atoms with Crippen molar-refractivity contribution in [3.8, 4) is 0 Å². The molecule has 0 aromatic rings. The number of hydrogen-bond acceptors (Lipinski definition) is 6. The molecule has 0 rings (SSSR count). The van der Waals surface area contributed by atoms with Gasteiger partial charge in [-0.3, -0.25) is 14.1 Å². The smallest absolute Gasteiger partial charge is 0.462 e. The second kappa shape index (κ2) is 44.6. The van der Waals surface area contributed by atoms with Crippen LogP contribution in [0.4, 0.5) is 0 Å². The van der Waals surface area contributed by atoms with Crippen molar-refractivity contribution in [1.29, 1.82) is 0 Å². The molecule has 1 atom stereocenters. The van der Waals surface area contributed by atoms with Gasteiger partial charge in [0, 0.05) is 12.8 Å². The molecule has 0 amide bonds. The van der Waals surface area contributed by atoms with Gasteiger partial charge in [-0.2, -0.15) is 0 Å². The molecular formula is C49H89O8P. The molecule has 0 saturated heterocycles. The molecule has 1 unspecified atom stereocenters. The summed E-state index contributed by atoms with van der Waals surface area (Å²) >= 11 is 0. The highest BCUT2D eigenvalue weighted by atomic mass is 31.2. The predicted octanol–water partition coefficient (Wildman–Crippen LogP) is 15.1. The van der Waals surface area contributed by atoms with Crippen molar-refractivity contribution in [1.82, 2.24) is 0 Å². The molecule has 0 spiro atoms. The van der Waals surface area contributed by atoms with E-state index < -0.39 is 32.5 Å². The first-order valence-electron chi connectivity index (χ1n) is 23.9. The second-order valence-electron chi connectivity index (χ2n) is 16.1. The Labute approximate surface area is 356 Å². The predicted molar refractivity (Wildman–Crippen MR) is 244 cm³/mol. The number of esters is 2. The molecule has 0 heterocycles. The van der Waals surface area contributed by atoms with Crippen LogP contribution >= 0.6 is 7.82 Å². The Morgan fingerprint density at radius 1 is 0.448 bits per heavy atom. The van der Waals surface area contributed by atoms with Gasteiger partial charge < -0.3 is 19.3 Å². The fraction of sp³-hybridized carbons (Fsp3) is 0.796. The van der Waals surface area contributed by atoms with Crippen molar-refractivity contribution in [2.45, 2.75) is 238 Å². The summed E-state index contributed by atoms with van der Waals surface area (Å²) in [6.45, 7) is 3.66. The zero-order chi connectivity index (χ0) is 42.5. The maximum atomic E-state index is 12.5. The van der Waals surface area contributed by atoms with E-state index in [1.807, 2.05) is 0 Å². The minimum atomic E-state index is -4.76. The summed E-state index contributed by atoms with van der Waals surface area (Å²) < 4.78 is 26.5. The number of phosphoric ester groups is 1. The van der Waals surface area contributed by atoms with E-state index in [2.05, 4.69) is 67.0 Å². The van der Waals surface area contributed by atoms with Crippen molar-refractivity contribution in [2.75, 3.05) is 13.2 Å². The molecular weight excluding hydrogens is 748 g/mol. The topological polar surface area (TPSA) is 119 Å². The van der Waals surface area contributed by atoms with Crippen LogP contribution < -0.4 is 0 Å². The molecule has 0 radical (unpaired) electrons. The first-order chi connectivity index (χ1) is 28.3. The van der Waals surface area contributed by atoms with Crippen molar-refractivity contribution in [2.24, 2.45) is 0 Å². The third-order valence-electron chi connectivity index (χ3n) is 10.3. The van der Waals surface area contributed by atoms with Crippen LogP contribution in [0.15, 0.2) is 48.6 Å². The van der Waals surface area contributed by atoms with Crippen LogP contribution in [0.3, 0.4) is 0 Å². The van der Waals surface area contributed by atoms with Gasteiger partial charge in [-0.15, -0.1) is 0 Å². The fourth-order valence-electron chi connectivity index (χ4n) is 6.73. The van der Waals surface area contributed by atoms with Crippen LogP contribution in [0.5, 0.6) is 0 Å². The van der Waals surface area contributed by atoms with Gasteiger partial charge in [0.1, 0.15) is 6.61 Å². The van der Waals surface area contributed by atoms with Gasteiger partial charge in [0.15, 0.2) is 6.10 Å². The van der Waals surface area contributed by atoms with Gasteiger partial charge in [-0.1, -0.05) is 191 Å². The summed E-state index contributed by atoms with van der Waals surface area (Å²) in [4.78, 5) is 43.0. The lowest BCUT2D eigenvalue weighted by molar-refractivity contribution is -0.161. The lowest BCUT2D eigenvalue weighted by Crippen LogP contribution is -2.29. The Morgan fingerprint density at radius 3 is 1.17 bits per heavy atom. The molecule has 2 N–H and O–H groups in total. The van der Waals surface area contributed by atoms with Crippen molar-refractivity contribution < 1.29 is 37.9 Å². The number of allylic oxidation sites excluding steroid dienone is 8. The Morgan fingerprint density at radius 2 is 0.776 bits per heavy atom. The first kappa shape index (κ1) is 56.0. The SMILES string of the molecule is CCCCC/C=C\C/C=C\CCCCCCCCCC(=O)OCC(COP(=O)(O)O)OC(=O)CCCCCCCCCCCCC/C=C\C/C=C\CCCCCCC. The largest absolute Gasteiger partial charge is 0.469 e. The van der Waals surface area contributed by atoms with Crippen LogP contribution in [0.2, 0.25) is 0 Å². The third kappa shape index (κ3) is 46.7. The van der Waals surface area contributed by atoms with Crippen LogP contribution in [0.25, 0.3) is 0 Å². The first-order valence-corrected chi connectivity index (χ1v) is 25.5. The van der Waals surface area contributed by atoms with E-state index in [1.54, 1.807) is 0 Å². The molecule has 0 fully saturated rings. The van der Waals surface area contributed by atoms with E-state index in [4.69, 9.17) is 19.3 Å². The summed E-state index contributed by atoms with van der Waals surface area (Å²) in [7, 11) is -4.76. The minimum Gasteiger partial charge on any atom is -0.462 e. The van der Waals surface area contributed by atoms with Gasteiger partial charge in [-0.25, -0.2) is 4.57 Å². The number of rotatable bonds is 44. The van der Waals surface area contributed by atoms with E-state index in [0.29, 0.717) is 12.8 Å². The average molecular weight is 837 g/mol. The summed E-state index contributed by atoms with van der Waals surface area (Å²) in [6.07, 6.45) is 55.5. The van der Waals surface area contributed by atoms with E-state index in [9.17, 15) is 14.2 Å². The molecule has 9 heteroatoms. The zero-order valence-corrected chi connectivity index (χ0v) is 38.3. The van der Waals surface area contributed by atoms with Crippen LogP contribution in [0.1, 0.15) is 232 Å². The Bertz CT molecular complexity index is 1080. The number of unbranched alkanes of at least 4 members (excludes halogenated alkanes) is 26. The monoisotopic (exact) mass is 837 g/mol. The van der Waals surface area contributed by atoms with E-state index in [0.717, 1.165) is 57.8 Å². The lowest BCUT2D eigenvalue weighted by Gasteiger charge is -2.18. The molecule has 338 valence electrons. The highest BCUT2D eigenvalue weighted by Gasteiger charge is 2.23. The molecule has 0 aromatic heterocycles. The van der Waals surface area contributed by atoms with Gasteiger partial charge >= 0.3 is 19.8 Å². The molecule has 0 aromatic carbocycles. The number of carbonyl (C=O) groups excluding carboxylic acids is 2. The highest BCUT2D eigenvalue weighted by Crippen LogP contribution is 2.36. The van der Waals surface area contributed by atoms with Crippen molar-refractivity contribution in [3.05, 3.63) is 48.6 Å². The summed E-state index contributed by atoms with van der Waals surface area (Å²) in [6, 6.07) is 0. The third-order valence-corrected chi connectivity index (χ3v) is 10.8. The van der Waals surface area contributed by atoms with Gasteiger partial charge in [0.25, 0.3) is 0 Å². The minimum absolute atomic E-state index is 0.207. The highest BCUT2D eigenvalue weighted by molar-refractivity contribution is 7.46. The Hall–Kier alpha value is -1.99. The average Bonchev–Trinajstić information content (AvgIpc) is 3.20. The Kier molecular flexibility index (Phi) is 43.0. The number of carbonyl (C=O) groups is 2. The molecule has 0 aliphatic heterocycles. The fourth-order valence-corrected chi connectivity index (χ4v) is 7.09. The standard InChI is InChI=1S/C49H89O8P/c1-3-5-7-9-11-13-15-17-19-21-22-23-24-25-26-28-30-32-34-36-38-40-42-44-49(51)57-47(46-56-58(52,53)54)45-55-48(50)43-41-39-37-35-33-31-29-27-20-18-16-14-12-10-8-6-4-2/h12,14-15,17-18,20-22,47H,3-11,13,16,19,23-46H2,1-2H3,(H2,52,53,54)/b14-12-,17-15-,20-18-,22-21-. The van der Waals surface area contributed by atoms with E-state index in [1.165, 1.54) is 135 Å². The van der Waals surface area contributed by atoms with Crippen molar-refractivity contribution >= 4 is 19.8 Å². The summed E-state index contributed by atoms with van der Waals surface area (Å²) in [5.74, 6) is -0.891. The summed E-state index contributed by atoms with van der Waals surface area (Å²) in [5, 5.41) is 0. The lowest BCUT2D eigenvalue weighted by atomic mass is 10.0. The second-order valence-corrected chi connectivity index (χ2v) is 17.3. The number of phosphoric acid groups is 1. The maximum Gasteiger partial charge on any atom is 0.469 e. The van der Waals surface area contributed by atoms with Crippen LogP contribution in [0, 0.1) is 0 Å². The van der Waals surface area contributed by atoms with Crippen LogP contribution in [-0.2, 0) is 28.2 Å². The maximum absolute atomic E-state index is 12.5. The zero-order valence-electron chi connectivity index (χ0n) is 37.4. The number of hydrogen-bond donors (Lipinski definition) is 2. The Balaban J connectivity index is 3.85. The number of ether oxygens (including phenoxy) is 2. The molecule has 8 nitrogen and oxygen atoms in total. The molecule has 0 aliphatic carbocycles. The quantitative estimate of drug-likeness (QED) is 0.0269. The van der Waals surface area contributed by atoms with Gasteiger partial charge in [0.2, 0.25) is 0 Å². The molecule has 0 bridgehead atoms. The van der Waals surface area contributed by atoms with Crippen molar-refractivity contribution in [3.63, 3.8) is 0 Å². The summed E-state index contributed by atoms with van der Waals surface area (Å²) in [5.41, 5.74) is 0. The van der Waals surface area contributed by atoms with Gasteiger partial charge in [-0.05, 0) is 77.0 Å². The van der Waals surface area contributed by atoms with Crippen LogP contribution in [-0.4, -0.2) is 41.0 Å². The molecule has 58 heavy (non-hydrogen) atoms. The van der Waals surface area contributed by atoms with E-state index in [-0.39, 0.29) is 19.4 Å². The molecule has 0 aliphatic rings. The normalized spacial score (nSPS) is 12.8. The molecule has 0 saturated carbocycles. The van der Waals surface area contributed by atoms with E-state index >= 15 is 0 Å². The van der Waals surface area contributed by atoms with Gasteiger partial charge in [0.05, 0.1) is 6.61 Å².